The Morgan fingerprint density at radius 2 is 1.96 bits per heavy atom. The van der Waals surface area contributed by atoms with Gasteiger partial charge < -0.3 is 15.2 Å². The summed E-state index contributed by atoms with van der Waals surface area (Å²) in [6.45, 7) is 0.943. The number of aliphatic hydroxyl groups is 1. The van der Waals surface area contributed by atoms with E-state index in [0.717, 1.165) is 5.56 Å². The lowest BCUT2D eigenvalue weighted by Gasteiger charge is -2.27. The van der Waals surface area contributed by atoms with Gasteiger partial charge >= 0.3 is 11.9 Å². The molecule has 0 spiro atoms. The molecular weight excluding hydrogens is 358 g/mol. The van der Waals surface area contributed by atoms with Gasteiger partial charge in [-0.2, -0.15) is 8.78 Å². The third kappa shape index (κ3) is 6.56. The maximum absolute atomic E-state index is 14.0. The number of carbonyl (C=O) groups is 2. The molecule has 2 atom stereocenters. The molecule has 0 fully saturated rings. The van der Waals surface area contributed by atoms with Gasteiger partial charge in [-0.1, -0.05) is 43.7 Å². The van der Waals surface area contributed by atoms with Gasteiger partial charge in [0, 0.05) is 0 Å². The van der Waals surface area contributed by atoms with Crippen molar-refractivity contribution in [1.29, 1.82) is 0 Å². The zero-order valence-corrected chi connectivity index (χ0v) is 14.4. The lowest BCUT2D eigenvalue weighted by atomic mass is 10.0. The van der Waals surface area contributed by atoms with Crippen LogP contribution in [0.4, 0.5) is 8.78 Å². The SMILES string of the molecule is CCC[C@H](NCl)C(O)C(F)(F)C(=O)NCC(=O)OCc1ccccc1. The van der Waals surface area contributed by atoms with Crippen LogP contribution in [-0.2, 0) is 20.9 Å². The van der Waals surface area contributed by atoms with Crippen molar-refractivity contribution in [3.05, 3.63) is 35.9 Å². The fourth-order valence-electron chi connectivity index (χ4n) is 2.03. The number of halogens is 3. The van der Waals surface area contributed by atoms with Gasteiger partial charge in [0.1, 0.15) is 19.3 Å². The highest BCUT2D eigenvalue weighted by Gasteiger charge is 2.49. The first-order valence-corrected chi connectivity index (χ1v) is 8.10. The van der Waals surface area contributed by atoms with E-state index in [4.69, 9.17) is 16.5 Å². The number of esters is 1. The Balaban J connectivity index is 2.49. The quantitative estimate of drug-likeness (QED) is 0.426. The number of nitrogens with one attached hydrogen (secondary N) is 2. The molecule has 0 saturated heterocycles. The minimum atomic E-state index is -4.11. The van der Waals surface area contributed by atoms with E-state index in [1.54, 1.807) is 42.6 Å². The molecule has 140 valence electrons. The standard InChI is InChI=1S/C16H21ClF2N2O4/c1-2-6-12(21-17)14(23)16(18,19)15(24)20-9-13(22)25-10-11-7-4-3-5-8-11/h3-5,7-8,12,14,21,23H,2,6,9-10H2,1H3,(H,20,24)/t12-,14?/m0/s1. The first-order chi connectivity index (χ1) is 11.8. The van der Waals surface area contributed by atoms with E-state index < -0.39 is 36.5 Å². The Labute approximate surface area is 149 Å². The van der Waals surface area contributed by atoms with Crippen molar-refractivity contribution < 1.29 is 28.2 Å². The minimum Gasteiger partial charge on any atom is -0.460 e. The average Bonchev–Trinajstić information content (AvgIpc) is 2.62. The number of aliphatic hydroxyl groups excluding tert-OH is 1. The Morgan fingerprint density at radius 1 is 1.32 bits per heavy atom. The highest BCUT2D eigenvalue weighted by atomic mass is 35.5. The van der Waals surface area contributed by atoms with Crippen molar-refractivity contribution in [3.63, 3.8) is 0 Å². The van der Waals surface area contributed by atoms with Crippen molar-refractivity contribution in [2.24, 2.45) is 0 Å². The number of ether oxygens (including phenoxy) is 1. The van der Waals surface area contributed by atoms with Gasteiger partial charge in [-0.3, -0.25) is 9.59 Å². The van der Waals surface area contributed by atoms with Gasteiger partial charge in [-0.25, -0.2) is 4.84 Å². The van der Waals surface area contributed by atoms with E-state index in [9.17, 15) is 23.5 Å². The number of benzene rings is 1. The molecule has 0 aromatic heterocycles. The summed E-state index contributed by atoms with van der Waals surface area (Å²) < 4.78 is 32.8. The average molecular weight is 379 g/mol. The summed E-state index contributed by atoms with van der Waals surface area (Å²) in [6, 6.07) is 7.58. The molecule has 0 aliphatic carbocycles. The molecule has 25 heavy (non-hydrogen) atoms. The maximum Gasteiger partial charge on any atom is 0.351 e. The van der Waals surface area contributed by atoms with Crippen LogP contribution in [0.3, 0.4) is 0 Å². The molecule has 0 bridgehead atoms. The van der Waals surface area contributed by atoms with Crippen molar-refractivity contribution in [3.8, 4) is 0 Å². The van der Waals surface area contributed by atoms with Crippen molar-refractivity contribution in [2.75, 3.05) is 6.54 Å². The van der Waals surface area contributed by atoms with Gasteiger partial charge in [-0.15, -0.1) is 0 Å². The van der Waals surface area contributed by atoms with Gasteiger partial charge in [0.15, 0.2) is 0 Å². The van der Waals surface area contributed by atoms with Crippen LogP contribution >= 0.6 is 11.8 Å². The molecule has 0 aliphatic heterocycles. The third-order valence-electron chi connectivity index (χ3n) is 3.43. The summed E-state index contributed by atoms with van der Waals surface area (Å²) >= 11 is 5.33. The molecule has 0 radical (unpaired) electrons. The van der Waals surface area contributed by atoms with Crippen molar-refractivity contribution >= 4 is 23.7 Å². The molecule has 1 rings (SSSR count). The monoisotopic (exact) mass is 378 g/mol. The normalized spacial score (nSPS) is 13.8. The lowest BCUT2D eigenvalue weighted by Crippen LogP contribution is -2.55. The summed E-state index contributed by atoms with van der Waals surface area (Å²) in [5.74, 6) is -6.76. The van der Waals surface area contributed by atoms with E-state index in [1.807, 2.05) is 4.84 Å². The highest BCUT2D eigenvalue weighted by Crippen LogP contribution is 2.23. The van der Waals surface area contributed by atoms with Crippen LogP contribution in [0.1, 0.15) is 25.3 Å². The van der Waals surface area contributed by atoms with Crippen molar-refractivity contribution in [2.45, 2.75) is 44.4 Å². The Kier molecular flexibility index (Phi) is 8.74. The molecule has 0 saturated carbocycles. The van der Waals surface area contributed by atoms with Crippen LogP contribution < -0.4 is 10.2 Å². The molecule has 6 nitrogen and oxygen atoms in total. The molecule has 1 aromatic rings. The summed E-state index contributed by atoms with van der Waals surface area (Å²) in [4.78, 5) is 25.2. The summed E-state index contributed by atoms with van der Waals surface area (Å²) in [6.07, 6.45) is -1.71. The maximum atomic E-state index is 14.0. The van der Waals surface area contributed by atoms with Crippen LogP contribution in [0.5, 0.6) is 0 Å². The van der Waals surface area contributed by atoms with Crippen LogP contribution in [-0.4, -0.2) is 41.6 Å². The zero-order chi connectivity index (χ0) is 18.9. The van der Waals surface area contributed by atoms with E-state index in [1.165, 1.54) is 0 Å². The van der Waals surface area contributed by atoms with E-state index in [0.29, 0.717) is 6.42 Å². The molecule has 1 aromatic carbocycles. The molecule has 0 heterocycles. The molecule has 1 unspecified atom stereocenters. The second kappa shape index (κ2) is 10.3. The van der Waals surface area contributed by atoms with Crippen LogP contribution in [0.2, 0.25) is 0 Å². The van der Waals surface area contributed by atoms with E-state index in [-0.39, 0.29) is 13.0 Å². The molecule has 0 aliphatic rings. The fourth-order valence-corrected chi connectivity index (χ4v) is 2.26. The summed E-state index contributed by atoms with van der Waals surface area (Å²) in [7, 11) is 0. The first-order valence-electron chi connectivity index (χ1n) is 7.72. The second-order valence-corrected chi connectivity index (χ2v) is 5.62. The van der Waals surface area contributed by atoms with E-state index >= 15 is 0 Å². The number of rotatable bonds is 10. The lowest BCUT2D eigenvalue weighted by molar-refractivity contribution is -0.167. The van der Waals surface area contributed by atoms with Gasteiger partial charge in [-0.05, 0) is 23.8 Å². The van der Waals surface area contributed by atoms with Gasteiger partial charge in [0.25, 0.3) is 5.91 Å². The Bertz CT molecular complexity index is 560. The molecular formula is C16H21ClF2N2O4. The largest absolute Gasteiger partial charge is 0.460 e. The smallest absolute Gasteiger partial charge is 0.351 e. The molecule has 1 amide bonds. The number of hydrogen-bond acceptors (Lipinski definition) is 5. The molecule has 3 N–H and O–H groups in total. The number of hydrogen-bond donors (Lipinski definition) is 3. The number of amides is 1. The Hall–Kier alpha value is -1.77. The van der Waals surface area contributed by atoms with E-state index in [2.05, 4.69) is 0 Å². The summed E-state index contributed by atoms with van der Waals surface area (Å²) in [5, 5.41) is 11.4. The number of alkyl halides is 2. The predicted octanol–water partition coefficient (Wildman–Crippen LogP) is 1.75. The van der Waals surface area contributed by atoms with Crippen molar-refractivity contribution in [1.82, 2.24) is 10.2 Å². The van der Waals surface area contributed by atoms with Gasteiger partial charge in [0.05, 0.1) is 6.04 Å². The van der Waals surface area contributed by atoms with Crippen LogP contribution in [0.15, 0.2) is 30.3 Å². The van der Waals surface area contributed by atoms with Crippen LogP contribution in [0.25, 0.3) is 0 Å². The summed E-state index contributed by atoms with van der Waals surface area (Å²) in [5.41, 5.74) is 0.721. The highest BCUT2D eigenvalue weighted by molar-refractivity contribution is 6.13. The topological polar surface area (TPSA) is 87.7 Å². The first kappa shape index (κ1) is 21.3. The zero-order valence-electron chi connectivity index (χ0n) is 13.7. The fraction of sp³-hybridized carbons (Fsp3) is 0.500. The second-order valence-electron chi connectivity index (χ2n) is 5.40. The Morgan fingerprint density at radius 3 is 2.52 bits per heavy atom. The molecule has 9 heteroatoms. The minimum absolute atomic E-state index is 0.0384. The van der Waals surface area contributed by atoms with Crippen LogP contribution in [0, 0.1) is 0 Å². The predicted molar refractivity (Wildman–Crippen MR) is 87.9 cm³/mol. The third-order valence-corrected chi connectivity index (χ3v) is 3.71. The van der Waals surface area contributed by atoms with Gasteiger partial charge in [0.2, 0.25) is 0 Å². The number of carbonyl (C=O) groups excluding carboxylic acids is 2.